The van der Waals surface area contributed by atoms with Gasteiger partial charge in [-0.05, 0) is 23.8 Å². The lowest BCUT2D eigenvalue weighted by Gasteiger charge is -2.19. The topological polar surface area (TPSA) is 54.5 Å². The van der Waals surface area contributed by atoms with Crippen LogP contribution in [-0.4, -0.2) is 37.0 Å². The van der Waals surface area contributed by atoms with Crippen LogP contribution in [0.3, 0.4) is 0 Å². The summed E-state index contributed by atoms with van der Waals surface area (Å²) in [6.07, 6.45) is 3.24. The standard InChI is InChI=1S/C16H19N3O2/c1-17-15-7-8-18-10-14(15)16(20)19(2)11-12-5-4-6-13(9-12)21-3/h4-10H,11H2,1-3H3,(H,17,18). The van der Waals surface area contributed by atoms with E-state index in [-0.39, 0.29) is 5.91 Å². The summed E-state index contributed by atoms with van der Waals surface area (Å²) in [5.41, 5.74) is 2.35. The maximum Gasteiger partial charge on any atom is 0.257 e. The molecule has 1 aromatic heterocycles. The lowest BCUT2D eigenvalue weighted by atomic mass is 10.1. The third-order valence-corrected chi connectivity index (χ3v) is 3.22. The molecule has 1 heterocycles. The number of hydrogen-bond donors (Lipinski definition) is 1. The molecule has 0 bridgehead atoms. The molecule has 2 rings (SSSR count). The summed E-state index contributed by atoms with van der Waals surface area (Å²) in [5.74, 6) is 0.709. The van der Waals surface area contributed by atoms with Crippen molar-refractivity contribution in [2.45, 2.75) is 6.54 Å². The second-order valence-corrected chi connectivity index (χ2v) is 4.68. The van der Waals surface area contributed by atoms with Gasteiger partial charge in [0.1, 0.15) is 5.75 Å². The number of nitrogens with zero attached hydrogens (tertiary/aromatic N) is 2. The highest BCUT2D eigenvalue weighted by molar-refractivity contribution is 5.99. The molecule has 0 spiro atoms. The fraction of sp³-hybridized carbons (Fsp3) is 0.250. The van der Waals surface area contributed by atoms with Gasteiger partial charge in [-0.3, -0.25) is 9.78 Å². The summed E-state index contributed by atoms with van der Waals surface area (Å²) in [5, 5.41) is 3.01. The molecule has 0 unspecified atom stereocenters. The van der Waals surface area contributed by atoms with E-state index in [4.69, 9.17) is 4.74 Å². The van der Waals surface area contributed by atoms with Gasteiger partial charge in [0.2, 0.25) is 0 Å². The number of hydrogen-bond acceptors (Lipinski definition) is 4. The predicted molar refractivity (Wildman–Crippen MR) is 82.6 cm³/mol. The van der Waals surface area contributed by atoms with Crippen molar-refractivity contribution in [1.82, 2.24) is 9.88 Å². The van der Waals surface area contributed by atoms with Crippen molar-refractivity contribution in [2.24, 2.45) is 0 Å². The molecule has 0 aliphatic heterocycles. The Morgan fingerprint density at radius 1 is 1.38 bits per heavy atom. The van der Waals surface area contributed by atoms with Crippen molar-refractivity contribution in [2.75, 3.05) is 26.5 Å². The Balaban J connectivity index is 2.15. The van der Waals surface area contributed by atoms with Gasteiger partial charge in [0, 0.05) is 38.7 Å². The van der Waals surface area contributed by atoms with E-state index in [9.17, 15) is 4.79 Å². The molecule has 5 heteroatoms. The van der Waals surface area contributed by atoms with E-state index in [2.05, 4.69) is 10.3 Å². The average molecular weight is 285 g/mol. The first-order valence-corrected chi connectivity index (χ1v) is 6.66. The van der Waals surface area contributed by atoms with Gasteiger partial charge in [-0.2, -0.15) is 0 Å². The number of rotatable bonds is 5. The first-order valence-electron chi connectivity index (χ1n) is 6.66. The van der Waals surface area contributed by atoms with E-state index in [1.165, 1.54) is 0 Å². The molecule has 0 aliphatic carbocycles. The van der Waals surface area contributed by atoms with Crippen LogP contribution < -0.4 is 10.1 Å². The highest BCUT2D eigenvalue weighted by Gasteiger charge is 2.15. The van der Waals surface area contributed by atoms with Gasteiger partial charge in [-0.1, -0.05) is 12.1 Å². The van der Waals surface area contributed by atoms with Crippen molar-refractivity contribution < 1.29 is 9.53 Å². The molecule has 2 aromatic rings. The molecule has 0 fully saturated rings. The van der Waals surface area contributed by atoms with E-state index in [0.717, 1.165) is 17.0 Å². The smallest absolute Gasteiger partial charge is 0.257 e. The van der Waals surface area contributed by atoms with Crippen LogP contribution in [0.15, 0.2) is 42.7 Å². The second kappa shape index (κ2) is 6.74. The van der Waals surface area contributed by atoms with Crippen molar-refractivity contribution >= 4 is 11.6 Å². The molecule has 0 atom stereocenters. The Labute approximate surface area is 124 Å². The van der Waals surface area contributed by atoms with Crippen LogP contribution in [0.2, 0.25) is 0 Å². The zero-order chi connectivity index (χ0) is 15.2. The largest absolute Gasteiger partial charge is 0.497 e. The van der Waals surface area contributed by atoms with Gasteiger partial charge in [0.25, 0.3) is 5.91 Å². The van der Waals surface area contributed by atoms with Gasteiger partial charge in [-0.25, -0.2) is 0 Å². The summed E-state index contributed by atoms with van der Waals surface area (Å²) in [7, 11) is 5.19. The van der Waals surface area contributed by atoms with Crippen LogP contribution in [0.1, 0.15) is 15.9 Å². The number of aromatic nitrogens is 1. The Kier molecular flexibility index (Phi) is 4.77. The fourth-order valence-corrected chi connectivity index (χ4v) is 2.10. The first-order chi connectivity index (χ1) is 10.2. The number of carbonyl (C=O) groups excluding carboxylic acids is 1. The highest BCUT2D eigenvalue weighted by Crippen LogP contribution is 2.18. The van der Waals surface area contributed by atoms with Crippen LogP contribution in [0, 0.1) is 0 Å². The molecule has 0 radical (unpaired) electrons. The summed E-state index contributed by atoms with van der Waals surface area (Å²) in [6, 6.07) is 9.47. The molecular formula is C16H19N3O2. The number of nitrogens with one attached hydrogen (secondary N) is 1. The first kappa shape index (κ1) is 14.8. The lowest BCUT2D eigenvalue weighted by molar-refractivity contribution is 0.0785. The average Bonchev–Trinajstić information content (AvgIpc) is 2.54. The molecule has 1 aromatic carbocycles. The van der Waals surface area contributed by atoms with E-state index >= 15 is 0 Å². The fourth-order valence-electron chi connectivity index (χ4n) is 2.10. The molecule has 1 amide bonds. The van der Waals surface area contributed by atoms with Crippen LogP contribution in [-0.2, 0) is 6.54 Å². The summed E-state index contributed by atoms with van der Waals surface area (Å²) >= 11 is 0. The van der Waals surface area contributed by atoms with Crippen LogP contribution in [0.4, 0.5) is 5.69 Å². The Morgan fingerprint density at radius 2 is 2.19 bits per heavy atom. The monoisotopic (exact) mass is 285 g/mol. The third kappa shape index (κ3) is 3.51. The molecule has 0 aliphatic rings. The van der Waals surface area contributed by atoms with Crippen LogP contribution in [0.25, 0.3) is 0 Å². The van der Waals surface area contributed by atoms with Gasteiger partial charge in [-0.15, -0.1) is 0 Å². The predicted octanol–water partition coefficient (Wildman–Crippen LogP) is 2.40. The lowest BCUT2D eigenvalue weighted by Crippen LogP contribution is -2.27. The van der Waals surface area contributed by atoms with E-state index < -0.39 is 0 Å². The normalized spacial score (nSPS) is 10.0. The Bertz CT molecular complexity index is 628. The molecular weight excluding hydrogens is 266 g/mol. The zero-order valence-electron chi connectivity index (χ0n) is 12.5. The SMILES string of the molecule is CNc1ccncc1C(=O)N(C)Cc1cccc(OC)c1. The minimum absolute atomic E-state index is 0.0738. The summed E-state index contributed by atoms with van der Waals surface area (Å²) in [4.78, 5) is 18.2. The second-order valence-electron chi connectivity index (χ2n) is 4.68. The number of benzene rings is 1. The van der Waals surface area contributed by atoms with E-state index in [1.807, 2.05) is 24.3 Å². The van der Waals surface area contributed by atoms with Crippen LogP contribution >= 0.6 is 0 Å². The van der Waals surface area contributed by atoms with Gasteiger partial charge in [0.15, 0.2) is 0 Å². The number of anilines is 1. The van der Waals surface area contributed by atoms with Crippen LogP contribution in [0.5, 0.6) is 5.75 Å². The molecule has 110 valence electrons. The molecule has 0 saturated carbocycles. The molecule has 5 nitrogen and oxygen atoms in total. The molecule has 21 heavy (non-hydrogen) atoms. The van der Waals surface area contributed by atoms with E-state index in [1.54, 1.807) is 44.6 Å². The maximum absolute atomic E-state index is 12.5. The van der Waals surface area contributed by atoms with Crippen molar-refractivity contribution in [3.63, 3.8) is 0 Å². The minimum atomic E-state index is -0.0738. The number of methoxy groups -OCH3 is 1. The van der Waals surface area contributed by atoms with Crippen molar-refractivity contribution in [1.29, 1.82) is 0 Å². The summed E-state index contributed by atoms with van der Waals surface area (Å²) in [6.45, 7) is 0.508. The van der Waals surface area contributed by atoms with Crippen molar-refractivity contribution in [3.05, 3.63) is 53.9 Å². The number of carbonyl (C=O) groups is 1. The van der Waals surface area contributed by atoms with Gasteiger partial charge >= 0.3 is 0 Å². The number of pyridine rings is 1. The molecule has 1 N–H and O–H groups in total. The maximum atomic E-state index is 12.5. The minimum Gasteiger partial charge on any atom is -0.497 e. The quantitative estimate of drug-likeness (QED) is 0.916. The highest BCUT2D eigenvalue weighted by atomic mass is 16.5. The Morgan fingerprint density at radius 3 is 2.90 bits per heavy atom. The number of amides is 1. The summed E-state index contributed by atoms with van der Waals surface area (Å²) < 4.78 is 5.19. The van der Waals surface area contributed by atoms with Gasteiger partial charge < -0.3 is 15.0 Å². The zero-order valence-corrected chi connectivity index (χ0v) is 12.5. The van der Waals surface area contributed by atoms with Crippen molar-refractivity contribution in [3.8, 4) is 5.75 Å². The van der Waals surface area contributed by atoms with E-state index in [0.29, 0.717) is 12.1 Å². The van der Waals surface area contributed by atoms with Gasteiger partial charge in [0.05, 0.1) is 12.7 Å². The third-order valence-electron chi connectivity index (χ3n) is 3.22. The Hall–Kier alpha value is -2.56. The molecule has 0 saturated heterocycles. The number of ether oxygens (including phenoxy) is 1.